The summed E-state index contributed by atoms with van der Waals surface area (Å²) in [4.78, 5) is 3.42. The zero-order chi connectivity index (χ0) is 13.3. The van der Waals surface area contributed by atoms with Gasteiger partial charge in [-0.1, -0.05) is 0 Å². The molecular weight excluding hydrogens is 313 g/mol. The molecule has 0 fully saturated rings. The van der Waals surface area contributed by atoms with Crippen molar-refractivity contribution in [1.82, 2.24) is 4.98 Å². The van der Waals surface area contributed by atoms with Crippen molar-refractivity contribution < 1.29 is 17.9 Å². The molecule has 94 valence electrons. The molecule has 7 heteroatoms. The maximum atomic E-state index is 13.3. The summed E-state index contributed by atoms with van der Waals surface area (Å²) in [7, 11) is 0. The Bertz CT molecular complexity index is 607. The molecule has 1 aromatic carbocycles. The second kappa shape index (κ2) is 4.85. The van der Waals surface area contributed by atoms with Crippen molar-refractivity contribution in [3.8, 4) is 11.6 Å². The molecule has 2 aromatic rings. The Balaban J connectivity index is 2.34. The lowest BCUT2D eigenvalue weighted by atomic mass is 10.3. The lowest BCUT2D eigenvalue weighted by Gasteiger charge is -2.07. The summed E-state index contributed by atoms with van der Waals surface area (Å²) in [5.74, 6) is -3.28. The van der Waals surface area contributed by atoms with E-state index in [4.69, 9.17) is 10.5 Å². The van der Waals surface area contributed by atoms with Gasteiger partial charge in [0.05, 0.1) is 4.47 Å². The maximum Gasteiger partial charge on any atom is 0.258 e. The van der Waals surface area contributed by atoms with Gasteiger partial charge in [0, 0.05) is 6.07 Å². The van der Waals surface area contributed by atoms with Crippen LogP contribution in [0, 0.1) is 17.5 Å². The van der Waals surface area contributed by atoms with Crippen molar-refractivity contribution in [3.05, 3.63) is 46.2 Å². The number of nitrogen functional groups attached to an aromatic ring is 1. The predicted octanol–water partition coefficient (Wildman–Crippen LogP) is 3.64. The molecule has 0 radical (unpaired) electrons. The molecule has 1 aromatic heterocycles. The molecule has 0 aliphatic rings. The summed E-state index contributed by atoms with van der Waals surface area (Å²) in [5.41, 5.74) is 5.20. The van der Waals surface area contributed by atoms with Crippen molar-refractivity contribution >= 4 is 21.7 Å². The average Bonchev–Trinajstić information content (AvgIpc) is 2.31. The Morgan fingerprint density at radius 3 is 2.44 bits per heavy atom. The van der Waals surface area contributed by atoms with Gasteiger partial charge in [0.25, 0.3) is 5.88 Å². The van der Waals surface area contributed by atoms with Crippen molar-refractivity contribution in [3.63, 3.8) is 0 Å². The molecule has 2 N–H and O–H groups in total. The van der Waals surface area contributed by atoms with Gasteiger partial charge in [-0.3, -0.25) is 0 Å². The smallest absolute Gasteiger partial charge is 0.258 e. The monoisotopic (exact) mass is 318 g/mol. The molecule has 0 spiro atoms. The molecule has 0 amide bonds. The van der Waals surface area contributed by atoms with Crippen LogP contribution in [-0.2, 0) is 0 Å². The summed E-state index contributed by atoms with van der Waals surface area (Å²) in [6.45, 7) is 0. The van der Waals surface area contributed by atoms with E-state index in [1.165, 1.54) is 12.1 Å². The zero-order valence-electron chi connectivity index (χ0n) is 8.75. The fourth-order valence-electron chi connectivity index (χ4n) is 1.19. The van der Waals surface area contributed by atoms with Gasteiger partial charge in [-0.2, -0.15) is 4.98 Å². The van der Waals surface area contributed by atoms with E-state index in [0.29, 0.717) is 6.07 Å². The molecule has 0 atom stereocenters. The van der Waals surface area contributed by atoms with Crippen LogP contribution >= 0.6 is 15.9 Å². The van der Waals surface area contributed by atoms with E-state index >= 15 is 0 Å². The highest BCUT2D eigenvalue weighted by Crippen LogP contribution is 2.28. The predicted molar refractivity (Wildman–Crippen MR) is 62.7 cm³/mol. The van der Waals surface area contributed by atoms with Crippen LogP contribution in [0.4, 0.5) is 19.0 Å². The quantitative estimate of drug-likeness (QED) is 0.919. The largest absolute Gasteiger partial charge is 0.436 e. The van der Waals surface area contributed by atoms with E-state index in [-0.39, 0.29) is 10.2 Å². The Morgan fingerprint density at radius 2 is 1.78 bits per heavy atom. The maximum absolute atomic E-state index is 13.3. The second-order valence-corrected chi connectivity index (χ2v) is 4.17. The summed E-state index contributed by atoms with van der Waals surface area (Å²) < 4.78 is 44.4. The summed E-state index contributed by atoms with van der Waals surface area (Å²) in [6, 6.07) is 4.26. The molecular formula is C11H6BrF3N2O. The van der Waals surface area contributed by atoms with Crippen molar-refractivity contribution in [1.29, 1.82) is 0 Å². The van der Waals surface area contributed by atoms with E-state index in [2.05, 4.69) is 20.9 Å². The number of benzene rings is 1. The number of pyridine rings is 1. The van der Waals surface area contributed by atoms with Crippen LogP contribution in [0.3, 0.4) is 0 Å². The minimum absolute atomic E-state index is 0.140. The Labute approximate surface area is 109 Å². The van der Waals surface area contributed by atoms with Gasteiger partial charge < -0.3 is 10.5 Å². The van der Waals surface area contributed by atoms with Crippen LogP contribution in [0.25, 0.3) is 0 Å². The average molecular weight is 319 g/mol. The summed E-state index contributed by atoms with van der Waals surface area (Å²) >= 11 is 2.95. The van der Waals surface area contributed by atoms with Crippen molar-refractivity contribution in [2.75, 3.05) is 5.73 Å². The number of nitrogens with two attached hydrogens (primary N) is 1. The van der Waals surface area contributed by atoms with Crippen LogP contribution in [0.15, 0.2) is 28.7 Å². The third kappa shape index (κ3) is 2.56. The topological polar surface area (TPSA) is 48.1 Å². The van der Waals surface area contributed by atoms with Crippen LogP contribution in [0.1, 0.15) is 0 Å². The number of halogens is 4. The highest BCUT2D eigenvalue weighted by atomic mass is 79.9. The standard InChI is InChI=1S/C11H6BrF3N2O/c12-6-3-5(1-2-7(6)13)18-11-9(15)4-8(14)10(16)17-11/h1-4H,(H2,16,17). The fourth-order valence-corrected chi connectivity index (χ4v) is 1.54. The van der Waals surface area contributed by atoms with E-state index < -0.39 is 29.1 Å². The first kappa shape index (κ1) is 12.7. The van der Waals surface area contributed by atoms with Crippen LogP contribution in [0.5, 0.6) is 11.6 Å². The van der Waals surface area contributed by atoms with Gasteiger partial charge in [0.1, 0.15) is 11.6 Å². The molecule has 0 aliphatic carbocycles. The van der Waals surface area contributed by atoms with Gasteiger partial charge >= 0.3 is 0 Å². The second-order valence-electron chi connectivity index (χ2n) is 3.32. The normalized spacial score (nSPS) is 10.4. The molecule has 3 nitrogen and oxygen atoms in total. The van der Waals surface area contributed by atoms with E-state index in [0.717, 1.165) is 6.07 Å². The van der Waals surface area contributed by atoms with E-state index in [1.54, 1.807) is 0 Å². The molecule has 0 bridgehead atoms. The fraction of sp³-hybridized carbons (Fsp3) is 0. The van der Waals surface area contributed by atoms with Gasteiger partial charge in [0.2, 0.25) is 0 Å². The summed E-state index contributed by atoms with van der Waals surface area (Å²) in [6.07, 6.45) is 0. The number of rotatable bonds is 2. The van der Waals surface area contributed by atoms with Crippen LogP contribution < -0.4 is 10.5 Å². The lowest BCUT2D eigenvalue weighted by molar-refractivity contribution is 0.417. The molecule has 18 heavy (non-hydrogen) atoms. The zero-order valence-corrected chi connectivity index (χ0v) is 10.3. The minimum Gasteiger partial charge on any atom is -0.436 e. The number of anilines is 1. The highest BCUT2D eigenvalue weighted by molar-refractivity contribution is 9.10. The van der Waals surface area contributed by atoms with Crippen LogP contribution in [-0.4, -0.2) is 4.98 Å². The Kier molecular flexibility index (Phi) is 3.42. The van der Waals surface area contributed by atoms with E-state index in [1.807, 2.05) is 0 Å². The molecule has 2 rings (SSSR count). The van der Waals surface area contributed by atoms with Gasteiger partial charge in [0.15, 0.2) is 17.5 Å². The van der Waals surface area contributed by atoms with Gasteiger partial charge in [-0.25, -0.2) is 13.2 Å². The first-order chi connectivity index (χ1) is 8.47. The molecule has 1 heterocycles. The third-order valence-electron chi connectivity index (χ3n) is 2.03. The molecule has 0 unspecified atom stereocenters. The number of hydrogen-bond acceptors (Lipinski definition) is 3. The number of aromatic nitrogens is 1. The van der Waals surface area contributed by atoms with Gasteiger partial charge in [-0.05, 0) is 34.1 Å². The molecule has 0 saturated heterocycles. The number of hydrogen-bond donors (Lipinski definition) is 1. The van der Waals surface area contributed by atoms with Gasteiger partial charge in [-0.15, -0.1) is 0 Å². The van der Waals surface area contributed by atoms with Crippen LogP contribution in [0.2, 0.25) is 0 Å². The number of nitrogens with zero attached hydrogens (tertiary/aromatic N) is 1. The Hall–Kier alpha value is -1.76. The summed E-state index contributed by atoms with van der Waals surface area (Å²) in [5, 5.41) is 0. The third-order valence-corrected chi connectivity index (χ3v) is 2.64. The SMILES string of the molecule is Nc1nc(Oc2ccc(F)c(Br)c2)c(F)cc1F. The highest BCUT2D eigenvalue weighted by Gasteiger charge is 2.12. The first-order valence-electron chi connectivity index (χ1n) is 4.72. The molecule has 0 aliphatic heterocycles. The van der Waals surface area contributed by atoms with Crippen molar-refractivity contribution in [2.45, 2.75) is 0 Å². The van der Waals surface area contributed by atoms with Crippen molar-refractivity contribution in [2.24, 2.45) is 0 Å². The minimum atomic E-state index is -0.998. The Morgan fingerprint density at radius 1 is 1.06 bits per heavy atom. The lowest BCUT2D eigenvalue weighted by Crippen LogP contribution is -2.00. The molecule has 0 saturated carbocycles. The number of ether oxygens (including phenoxy) is 1. The van der Waals surface area contributed by atoms with E-state index in [9.17, 15) is 13.2 Å². The first-order valence-corrected chi connectivity index (χ1v) is 5.51.